The van der Waals surface area contributed by atoms with Gasteiger partial charge in [-0.15, -0.1) is 0 Å². The van der Waals surface area contributed by atoms with Gasteiger partial charge in [-0.05, 0) is 107 Å². The number of carbonyl (C=O) groups excluding carboxylic acids is 5. The molecule has 3 heterocycles. The summed E-state index contributed by atoms with van der Waals surface area (Å²) in [4.78, 5) is 72.1. The van der Waals surface area contributed by atoms with Crippen molar-refractivity contribution in [3.63, 3.8) is 0 Å². The molecule has 0 radical (unpaired) electrons. The van der Waals surface area contributed by atoms with Crippen LogP contribution in [0.2, 0.25) is 0 Å². The molecule has 15 atom stereocenters. The number of cyclic esters (lactones) is 1. The van der Waals surface area contributed by atoms with Crippen molar-refractivity contribution in [1.29, 1.82) is 0 Å². The minimum atomic E-state index is -2.43. The van der Waals surface area contributed by atoms with E-state index in [-0.39, 0.29) is 60.9 Å². The number of rotatable bonds is 8. The van der Waals surface area contributed by atoms with Crippen LogP contribution < -0.4 is 0 Å². The van der Waals surface area contributed by atoms with Gasteiger partial charge >= 0.3 is 5.97 Å². The van der Waals surface area contributed by atoms with E-state index in [0.29, 0.717) is 56.9 Å². The molecule has 0 spiro atoms. The van der Waals surface area contributed by atoms with Crippen molar-refractivity contribution in [2.24, 2.45) is 35.5 Å². The number of ketones is 3. The first-order valence-corrected chi connectivity index (χ1v) is 24.5. The Morgan fingerprint density at radius 3 is 2.28 bits per heavy atom. The summed E-state index contributed by atoms with van der Waals surface area (Å²) in [6.45, 7) is 16.5. The fourth-order valence-corrected chi connectivity index (χ4v) is 10.4. The number of ether oxygens (including phenoxy) is 6. The number of aliphatic hydroxyl groups excluding tert-OH is 1. The molecule has 1 saturated carbocycles. The number of amides is 1. The van der Waals surface area contributed by atoms with Crippen molar-refractivity contribution in [2.75, 3.05) is 27.9 Å². The minimum Gasteiger partial charge on any atom is -0.496 e. The van der Waals surface area contributed by atoms with Gasteiger partial charge in [0.15, 0.2) is 5.78 Å². The normalized spacial score (nSPS) is 39.4. The first kappa shape index (κ1) is 55.8. The zero-order valence-electron chi connectivity index (χ0n) is 41.9. The van der Waals surface area contributed by atoms with E-state index < -0.39 is 77.8 Å². The number of methoxy groups -OCH3 is 3. The lowest BCUT2D eigenvalue weighted by Gasteiger charge is -2.42. The van der Waals surface area contributed by atoms with Crippen molar-refractivity contribution in [3.05, 3.63) is 60.4 Å². The smallest absolute Gasteiger partial charge is 0.329 e. The Hall–Kier alpha value is -3.79. The highest BCUT2D eigenvalue weighted by Gasteiger charge is 2.53. The van der Waals surface area contributed by atoms with Gasteiger partial charge in [-0.2, -0.15) is 0 Å². The standard InChI is InChI=1S/C53H81NO13/c1-12-65-43-24-22-39(29-46(43)63-10)28-35(5)45-31-42(55)34(4)27-37(7)48(57)49(64-11)47(56)36(6)26-32(2)18-14-13-15-19-33(3)44(62-9)30-40-23-21-38(8)53(61,67-40)50(58)51(59)54-25-17-16-20-41(54)52(60)66-45/h12-15,18-19,27,32,34-36,38-41,43-46,48-49,57,61H,1,16-17,20-26,28-31H2,2-11H3/b15-13+,18-14+,33-19+,37-27+/t32-,34-,35-,36-,38-,39-,40+,41+,43-,44+,45+,46-,48-,49+,53-/m1/s1. The van der Waals surface area contributed by atoms with E-state index in [2.05, 4.69) is 6.58 Å². The summed E-state index contributed by atoms with van der Waals surface area (Å²) in [6.07, 6.45) is 13.7. The Labute approximate surface area is 399 Å². The second kappa shape index (κ2) is 26.3. The van der Waals surface area contributed by atoms with Crippen molar-refractivity contribution in [1.82, 2.24) is 4.90 Å². The number of fused-ring (bicyclic) bond motifs is 3. The van der Waals surface area contributed by atoms with Crippen molar-refractivity contribution in [3.8, 4) is 0 Å². The third-order valence-electron chi connectivity index (χ3n) is 14.7. The molecule has 3 fully saturated rings. The molecule has 0 aromatic rings. The van der Waals surface area contributed by atoms with Crippen molar-refractivity contribution >= 4 is 29.2 Å². The van der Waals surface area contributed by atoms with Crippen LogP contribution in [0.25, 0.3) is 0 Å². The van der Waals surface area contributed by atoms with Crippen LogP contribution in [0, 0.1) is 35.5 Å². The number of Topliss-reactive ketones (excluding diaryl/α,β-unsaturated/α-hetero) is 3. The number of esters is 1. The van der Waals surface area contributed by atoms with Crippen LogP contribution in [0.4, 0.5) is 0 Å². The molecule has 3 aliphatic heterocycles. The third-order valence-corrected chi connectivity index (χ3v) is 14.7. The van der Waals surface area contributed by atoms with Crippen LogP contribution in [0.3, 0.4) is 0 Å². The Morgan fingerprint density at radius 1 is 0.881 bits per heavy atom. The Bertz CT molecular complexity index is 1820. The average molecular weight is 940 g/mol. The number of hydrogen-bond acceptors (Lipinski definition) is 13. The largest absolute Gasteiger partial charge is 0.496 e. The van der Waals surface area contributed by atoms with Crippen LogP contribution in [0.1, 0.15) is 126 Å². The van der Waals surface area contributed by atoms with E-state index in [1.165, 1.54) is 18.3 Å². The fraction of sp³-hybridized carbons (Fsp3) is 0.717. The lowest BCUT2D eigenvalue weighted by atomic mass is 9.78. The maximum absolute atomic E-state index is 14.4. The lowest BCUT2D eigenvalue weighted by molar-refractivity contribution is -0.265. The summed E-state index contributed by atoms with van der Waals surface area (Å²) in [6, 6.07) is -1.13. The average Bonchev–Trinajstić information content (AvgIpc) is 3.30. The topological polar surface area (TPSA) is 184 Å². The summed E-state index contributed by atoms with van der Waals surface area (Å²) in [7, 11) is 4.61. The number of allylic oxidation sites excluding steroid dienone is 6. The second-order valence-electron chi connectivity index (χ2n) is 19.9. The third kappa shape index (κ3) is 14.9. The van der Waals surface area contributed by atoms with Gasteiger partial charge in [-0.3, -0.25) is 19.2 Å². The highest BCUT2D eigenvalue weighted by atomic mass is 16.6. The van der Waals surface area contributed by atoms with Crippen LogP contribution >= 0.6 is 0 Å². The first-order chi connectivity index (χ1) is 31.8. The Kier molecular flexibility index (Phi) is 21.9. The van der Waals surface area contributed by atoms with Crippen molar-refractivity contribution < 1.29 is 62.6 Å². The molecule has 67 heavy (non-hydrogen) atoms. The van der Waals surface area contributed by atoms with E-state index in [0.717, 1.165) is 18.4 Å². The van der Waals surface area contributed by atoms with Gasteiger partial charge in [0, 0.05) is 58.5 Å². The van der Waals surface area contributed by atoms with E-state index in [9.17, 15) is 34.2 Å². The second-order valence-corrected chi connectivity index (χ2v) is 19.9. The summed E-state index contributed by atoms with van der Waals surface area (Å²) in [5.41, 5.74) is 1.28. The molecule has 0 unspecified atom stereocenters. The molecule has 2 saturated heterocycles. The molecule has 2 N–H and O–H groups in total. The van der Waals surface area contributed by atoms with Crippen LogP contribution in [-0.2, 0) is 52.4 Å². The van der Waals surface area contributed by atoms with E-state index in [1.54, 1.807) is 41.1 Å². The van der Waals surface area contributed by atoms with Gasteiger partial charge < -0.3 is 43.5 Å². The lowest BCUT2D eigenvalue weighted by Crippen LogP contribution is -2.61. The molecule has 1 amide bonds. The zero-order valence-corrected chi connectivity index (χ0v) is 41.9. The molecule has 14 nitrogen and oxygen atoms in total. The quantitative estimate of drug-likeness (QED) is 0.107. The number of nitrogens with zero attached hydrogens (tertiary/aromatic N) is 1. The maximum Gasteiger partial charge on any atom is 0.329 e. The highest BCUT2D eigenvalue weighted by molar-refractivity contribution is 6.39. The fourth-order valence-electron chi connectivity index (χ4n) is 10.4. The van der Waals surface area contributed by atoms with Gasteiger partial charge in [-0.1, -0.05) is 77.7 Å². The molecule has 2 bridgehead atoms. The molecular weight excluding hydrogens is 859 g/mol. The number of hydrogen-bond donors (Lipinski definition) is 2. The molecule has 0 aromatic heterocycles. The summed E-state index contributed by atoms with van der Waals surface area (Å²) < 4.78 is 35.4. The van der Waals surface area contributed by atoms with Crippen LogP contribution in [-0.4, -0.2) is 127 Å². The Balaban J connectivity index is 1.70. The summed E-state index contributed by atoms with van der Waals surface area (Å²) >= 11 is 0. The molecule has 1 aliphatic carbocycles. The van der Waals surface area contributed by atoms with Crippen molar-refractivity contribution in [2.45, 2.75) is 180 Å². The molecule has 4 aliphatic rings. The van der Waals surface area contributed by atoms with Gasteiger partial charge in [-0.25, -0.2) is 4.79 Å². The monoisotopic (exact) mass is 940 g/mol. The summed E-state index contributed by atoms with van der Waals surface area (Å²) in [5.74, 6) is -7.83. The number of carbonyl (C=O) groups is 5. The molecular formula is C53H81NO13. The SMILES string of the molecule is C=CO[C@@H]1CC[C@H](C[C@@H](C)[C@@H]2CC(=O)[C@H](C)/C=C(\C)[C@@H](O)[C@@H](OC)C(=O)[C@H](C)C[C@H](C)/C=C/C=C/C=C(\C)[C@@H](OC)C[C@@H]3CC[C@@H](C)[C@@](O)(O3)C(=O)C(=O)N3CCCC[C@H]3C(=O)O2)C[C@H]1OC. The molecule has 0 aromatic carbocycles. The van der Waals surface area contributed by atoms with Crippen LogP contribution in [0.5, 0.6) is 0 Å². The predicted molar refractivity (Wildman–Crippen MR) is 254 cm³/mol. The van der Waals surface area contributed by atoms with E-state index in [1.807, 2.05) is 58.1 Å². The zero-order chi connectivity index (χ0) is 49.6. The van der Waals surface area contributed by atoms with Gasteiger partial charge in [0.1, 0.15) is 36.2 Å². The van der Waals surface area contributed by atoms with Crippen LogP contribution in [0.15, 0.2) is 60.4 Å². The van der Waals surface area contributed by atoms with Gasteiger partial charge in [0.2, 0.25) is 5.79 Å². The molecule has 376 valence electrons. The Morgan fingerprint density at radius 2 is 1.61 bits per heavy atom. The predicted octanol–water partition coefficient (Wildman–Crippen LogP) is 7.35. The van der Waals surface area contributed by atoms with E-state index in [4.69, 9.17) is 28.4 Å². The highest BCUT2D eigenvalue weighted by Crippen LogP contribution is 2.38. The number of aliphatic hydroxyl groups is 2. The molecule has 4 rings (SSSR count). The van der Waals surface area contributed by atoms with Gasteiger partial charge in [0.25, 0.3) is 11.7 Å². The summed E-state index contributed by atoms with van der Waals surface area (Å²) in [5, 5.41) is 23.4. The molecule has 14 heteroatoms. The maximum atomic E-state index is 14.4. The van der Waals surface area contributed by atoms with Gasteiger partial charge in [0.05, 0.1) is 24.6 Å². The van der Waals surface area contributed by atoms with E-state index >= 15 is 0 Å². The minimum absolute atomic E-state index is 0.0208. The number of piperidine rings is 1. The first-order valence-electron chi connectivity index (χ1n) is 24.5.